The van der Waals surface area contributed by atoms with Crippen molar-refractivity contribution in [1.29, 1.82) is 0 Å². The molecule has 2 saturated heterocycles. The van der Waals surface area contributed by atoms with Crippen LogP contribution in [0, 0.1) is 5.92 Å². The Hall–Kier alpha value is -1.44. The van der Waals surface area contributed by atoms with Gasteiger partial charge in [0.2, 0.25) is 10.0 Å². The van der Waals surface area contributed by atoms with Crippen LogP contribution in [0.1, 0.15) is 56.3 Å². The predicted molar refractivity (Wildman–Crippen MR) is 115 cm³/mol. The molecule has 0 unspecified atom stereocenters. The van der Waals surface area contributed by atoms with Gasteiger partial charge in [-0.25, -0.2) is 8.42 Å². The lowest BCUT2D eigenvalue weighted by atomic mass is 10.1. The number of carbonyl (C=O) groups is 1. The molecule has 2 fully saturated rings. The van der Waals surface area contributed by atoms with Crippen molar-refractivity contribution in [2.45, 2.75) is 50.8 Å². The number of rotatable bonds is 6. The van der Waals surface area contributed by atoms with E-state index in [1.807, 2.05) is 4.90 Å². The fourth-order valence-corrected chi connectivity index (χ4v) is 5.58. The molecule has 162 valence electrons. The highest BCUT2D eigenvalue weighted by atomic mass is 32.2. The van der Waals surface area contributed by atoms with Gasteiger partial charge in [0.05, 0.1) is 4.90 Å². The van der Waals surface area contributed by atoms with Crippen LogP contribution in [0.3, 0.4) is 0 Å². The summed E-state index contributed by atoms with van der Waals surface area (Å²) in [6.07, 6.45) is 5.13. The minimum absolute atomic E-state index is 0.0681. The number of hydrogen-bond donors (Lipinski definition) is 0. The first-order valence-electron chi connectivity index (χ1n) is 11.0. The van der Waals surface area contributed by atoms with Crippen LogP contribution in [0.4, 0.5) is 0 Å². The van der Waals surface area contributed by atoms with E-state index in [0.717, 1.165) is 45.3 Å². The van der Waals surface area contributed by atoms with E-state index < -0.39 is 10.0 Å². The first-order valence-corrected chi connectivity index (χ1v) is 12.4. The topological polar surface area (TPSA) is 60.9 Å². The molecule has 1 aromatic carbocycles. The average Bonchev–Trinajstić information content (AvgIpc) is 3.02. The van der Waals surface area contributed by atoms with E-state index in [4.69, 9.17) is 0 Å². The van der Waals surface area contributed by atoms with Gasteiger partial charge in [0.15, 0.2) is 0 Å². The fourth-order valence-electron chi connectivity index (χ4n) is 4.02. The van der Waals surface area contributed by atoms with Crippen molar-refractivity contribution < 1.29 is 13.2 Å². The van der Waals surface area contributed by atoms with E-state index in [0.29, 0.717) is 37.7 Å². The van der Waals surface area contributed by atoms with Crippen molar-refractivity contribution in [1.82, 2.24) is 14.1 Å². The average molecular weight is 422 g/mol. The molecule has 1 amide bonds. The predicted octanol–water partition coefficient (Wildman–Crippen LogP) is 3.06. The summed E-state index contributed by atoms with van der Waals surface area (Å²) in [4.78, 5) is 17.5. The summed E-state index contributed by atoms with van der Waals surface area (Å²) in [5, 5.41) is 0. The van der Waals surface area contributed by atoms with E-state index in [1.54, 1.807) is 28.6 Å². The van der Waals surface area contributed by atoms with Crippen molar-refractivity contribution in [3.63, 3.8) is 0 Å². The molecular formula is C22H35N3O3S. The molecule has 0 saturated carbocycles. The van der Waals surface area contributed by atoms with E-state index >= 15 is 0 Å². The van der Waals surface area contributed by atoms with Gasteiger partial charge in [0, 0.05) is 44.8 Å². The zero-order valence-electron chi connectivity index (χ0n) is 17.8. The molecule has 2 heterocycles. The molecule has 0 spiro atoms. The number of sulfonamides is 1. The van der Waals surface area contributed by atoms with Gasteiger partial charge in [0.1, 0.15) is 0 Å². The van der Waals surface area contributed by atoms with Crippen molar-refractivity contribution in [2.24, 2.45) is 5.92 Å². The third-order valence-corrected chi connectivity index (χ3v) is 7.86. The number of hydrogen-bond acceptors (Lipinski definition) is 4. The maximum absolute atomic E-state index is 13.1. The fraction of sp³-hybridized carbons (Fsp3) is 0.682. The summed E-state index contributed by atoms with van der Waals surface area (Å²) in [5.74, 6) is 0.616. The number of benzene rings is 1. The van der Waals surface area contributed by atoms with Gasteiger partial charge in [0.25, 0.3) is 5.91 Å². The second-order valence-corrected chi connectivity index (χ2v) is 10.6. The van der Waals surface area contributed by atoms with Crippen LogP contribution in [0.15, 0.2) is 29.2 Å². The normalized spacial score (nSPS) is 20.0. The van der Waals surface area contributed by atoms with Crippen LogP contribution in [-0.2, 0) is 10.0 Å². The van der Waals surface area contributed by atoms with Gasteiger partial charge in [-0.05, 0) is 49.9 Å². The zero-order valence-corrected chi connectivity index (χ0v) is 18.7. The minimum Gasteiger partial charge on any atom is -0.336 e. The maximum Gasteiger partial charge on any atom is 0.253 e. The van der Waals surface area contributed by atoms with E-state index in [-0.39, 0.29) is 10.8 Å². The second kappa shape index (κ2) is 10.0. The van der Waals surface area contributed by atoms with Crippen molar-refractivity contribution in [3.8, 4) is 0 Å². The van der Waals surface area contributed by atoms with Crippen LogP contribution in [0.25, 0.3) is 0 Å². The van der Waals surface area contributed by atoms with E-state index in [1.165, 1.54) is 6.42 Å². The number of nitrogens with zero attached hydrogens (tertiary/aromatic N) is 3. The Labute approximate surface area is 175 Å². The molecular weight excluding hydrogens is 386 g/mol. The molecule has 7 heteroatoms. The number of amides is 1. The molecule has 29 heavy (non-hydrogen) atoms. The molecule has 3 rings (SSSR count). The van der Waals surface area contributed by atoms with Crippen molar-refractivity contribution >= 4 is 15.9 Å². The molecule has 2 aliphatic heterocycles. The van der Waals surface area contributed by atoms with Gasteiger partial charge in [-0.3, -0.25) is 9.69 Å². The molecule has 0 aromatic heterocycles. The standard InChI is InChI=1S/C22H35N3O3S/c1-19(2)10-13-23-14-16-24(17-15-23)22(26)20-8-7-9-21(18-20)29(27,28)25-11-5-3-4-6-12-25/h7-9,18-19H,3-6,10-17H2,1-2H3. The second-order valence-electron chi connectivity index (χ2n) is 8.66. The van der Waals surface area contributed by atoms with Gasteiger partial charge in [-0.1, -0.05) is 32.8 Å². The molecule has 1 aromatic rings. The molecule has 0 N–H and O–H groups in total. The largest absolute Gasteiger partial charge is 0.336 e. The van der Waals surface area contributed by atoms with Crippen molar-refractivity contribution in [3.05, 3.63) is 29.8 Å². The SMILES string of the molecule is CC(C)CCN1CCN(C(=O)c2cccc(S(=O)(=O)N3CCCCCC3)c2)CC1. The molecule has 0 radical (unpaired) electrons. The van der Waals surface area contributed by atoms with E-state index in [2.05, 4.69) is 18.7 Å². The maximum atomic E-state index is 13.1. The summed E-state index contributed by atoms with van der Waals surface area (Å²) in [6.45, 7) is 9.81. The molecule has 6 nitrogen and oxygen atoms in total. The summed E-state index contributed by atoms with van der Waals surface area (Å²) in [7, 11) is -3.54. The monoisotopic (exact) mass is 421 g/mol. The Morgan fingerprint density at radius 2 is 1.62 bits per heavy atom. The minimum atomic E-state index is -3.54. The smallest absolute Gasteiger partial charge is 0.253 e. The van der Waals surface area contributed by atoms with Crippen LogP contribution >= 0.6 is 0 Å². The summed E-state index contributed by atoms with van der Waals surface area (Å²) in [5.41, 5.74) is 0.469. The molecule has 2 aliphatic rings. The summed E-state index contributed by atoms with van der Waals surface area (Å²) < 4.78 is 27.7. The highest BCUT2D eigenvalue weighted by Crippen LogP contribution is 2.22. The quantitative estimate of drug-likeness (QED) is 0.708. The lowest BCUT2D eigenvalue weighted by molar-refractivity contribution is 0.0631. The highest BCUT2D eigenvalue weighted by Gasteiger charge is 2.27. The van der Waals surface area contributed by atoms with Crippen LogP contribution in [0.5, 0.6) is 0 Å². The Morgan fingerprint density at radius 3 is 2.24 bits per heavy atom. The first kappa shape index (κ1) is 22.2. The Morgan fingerprint density at radius 1 is 0.966 bits per heavy atom. The van der Waals surface area contributed by atoms with Gasteiger partial charge in [-0.15, -0.1) is 0 Å². The zero-order chi connectivity index (χ0) is 20.9. The summed E-state index contributed by atoms with van der Waals surface area (Å²) in [6, 6.07) is 6.60. The Bertz CT molecular complexity index is 778. The Balaban J connectivity index is 1.65. The lowest BCUT2D eigenvalue weighted by Crippen LogP contribution is -2.49. The first-order chi connectivity index (χ1) is 13.9. The lowest BCUT2D eigenvalue weighted by Gasteiger charge is -2.35. The number of carbonyl (C=O) groups excluding carboxylic acids is 1. The third-order valence-electron chi connectivity index (χ3n) is 5.97. The Kier molecular flexibility index (Phi) is 7.71. The van der Waals surface area contributed by atoms with Crippen LogP contribution in [0.2, 0.25) is 0 Å². The molecule has 0 aliphatic carbocycles. The van der Waals surface area contributed by atoms with Crippen molar-refractivity contribution in [2.75, 3.05) is 45.8 Å². The highest BCUT2D eigenvalue weighted by molar-refractivity contribution is 7.89. The molecule has 0 bridgehead atoms. The number of piperazine rings is 1. The third kappa shape index (κ3) is 5.80. The van der Waals surface area contributed by atoms with Crippen LogP contribution < -0.4 is 0 Å². The van der Waals surface area contributed by atoms with Gasteiger partial charge in [-0.2, -0.15) is 4.31 Å². The molecule has 0 atom stereocenters. The summed E-state index contributed by atoms with van der Waals surface area (Å²) >= 11 is 0. The van der Waals surface area contributed by atoms with Gasteiger partial charge < -0.3 is 4.90 Å². The van der Waals surface area contributed by atoms with Gasteiger partial charge >= 0.3 is 0 Å². The van der Waals surface area contributed by atoms with Crippen LogP contribution in [-0.4, -0.2) is 74.2 Å². The van der Waals surface area contributed by atoms with E-state index in [9.17, 15) is 13.2 Å².